The van der Waals surface area contributed by atoms with Crippen LogP contribution in [-0.4, -0.2) is 58.0 Å². The van der Waals surface area contributed by atoms with Crippen LogP contribution in [0.25, 0.3) is 11.1 Å². The van der Waals surface area contributed by atoms with Crippen LogP contribution in [0.1, 0.15) is 23.0 Å². The average Bonchev–Trinajstić information content (AvgIpc) is 2.87. The van der Waals surface area contributed by atoms with Crippen molar-refractivity contribution in [3.05, 3.63) is 28.0 Å². The van der Waals surface area contributed by atoms with Gasteiger partial charge in [-0.2, -0.15) is 0 Å². The van der Waals surface area contributed by atoms with Crippen molar-refractivity contribution in [1.82, 2.24) is 19.4 Å². The minimum Gasteiger partial charge on any atom is -0.442 e. The summed E-state index contributed by atoms with van der Waals surface area (Å²) < 4.78 is 6.87. The zero-order valence-electron chi connectivity index (χ0n) is 13.1. The van der Waals surface area contributed by atoms with E-state index >= 15 is 0 Å². The molecule has 1 saturated heterocycles. The summed E-state index contributed by atoms with van der Waals surface area (Å²) in [6.45, 7) is 7.84. The Kier molecular flexibility index (Phi) is 3.74. The van der Waals surface area contributed by atoms with E-state index in [1.54, 1.807) is 18.9 Å². The van der Waals surface area contributed by atoms with E-state index in [0.29, 0.717) is 24.4 Å². The number of rotatable bonds is 2. The third-order valence-corrected chi connectivity index (χ3v) is 4.27. The molecule has 7 heteroatoms. The van der Waals surface area contributed by atoms with Crippen molar-refractivity contribution >= 4 is 17.0 Å². The molecule has 22 heavy (non-hydrogen) atoms. The predicted octanol–water partition coefficient (Wildman–Crippen LogP) is 0.613. The second kappa shape index (κ2) is 5.57. The van der Waals surface area contributed by atoms with Crippen LogP contribution >= 0.6 is 0 Å². The van der Waals surface area contributed by atoms with E-state index in [1.807, 2.05) is 0 Å². The van der Waals surface area contributed by atoms with Crippen molar-refractivity contribution in [3.8, 4) is 0 Å². The number of likely N-dealkylation sites (N-methyl/N-ethyl adjacent to an activating group) is 1. The second-order valence-electron chi connectivity index (χ2n) is 5.60. The fraction of sp³-hybridized carbons (Fsp3) is 0.533. The zero-order chi connectivity index (χ0) is 15.9. The summed E-state index contributed by atoms with van der Waals surface area (Å²) in [7, 11) is 1.62. The molecule has 2 aromatic rings. The van der Waals surface area contributed by atoms with Crippen LogP contribution in [0.15, 0.2) is 15.5 Å². The van der Waals surface area contributed by atoms with Crippen molar-refractivity contribution in [2.24, 2.45) is 7.05 Å². The molecule has 3 heterocycles. The highest BCUT2D eigenvalue weighted by molar-refractivity contribution is 6.06. The van der Waals surface area contributed by atoms with Crippen LogP contribution in [-0.2, 0) is 7.05 Å². The third-order valence-electron chi connectivity index (χ3n) is 4.27. The first-order valence-corrected chi connectivity index (χ1v) is 7.49. The molecule has 0 radical (unpaired) electrons. The number of piperazine rings is 1. The normalized spacial score (nSPS) is 16.4. The number of furan rings is 1. The second-order valence-corrected chi connectivity index (χ2v) is 5.60. The van der Waals surface area contributed by atoms with Crippen LogP contribution in [0.5, 0.6) is 0 Å². The smallest absolute Gasteiger partial charge is 0.265 e. The number of nitrogens with zero attached hydrogens (tertiary/aromatic N) is 4. The highest BCUT2D eigenvalue weighted by Crippen LogP contribution is 2.23. The number of aryl methyl sites for hydroxylation is 2. The maximum Gasteiger partial charge on any atom is 0.265 e. The molecular weight excluding hydrogens is 284 g/mol. The fourth-order valence-electron chi connectivity index (χ4n) is 2.87. The zero-order valence-corrected chi connectivity index (χ0v) is 13.1. The van der Waals surface area contributed by atoms with Crippen molar-refractivity contribution in [1.29, 1.82) is 0 Å². The Labute approximate surface area is 128 Å². The molecule has 2 aromatic heterocycles. The monoisotopic (exact) mass is 304 g/mol. The van der Waals surface area contributed by atoms with Gasteiger partial charge in [-0.15, -0.1) is 0 Å². The molecule has 0 unspecified atom stereocenters. The van der Waals surface area contributed by atoms with E-state index in [0.717, 1.165) is 19.6 Å². The van der Waals surface area contributed by atoms with E-state index in [9.17, 15) is 9.59 Å². The van der Waals surface area contributed by atoms with Crippen LogP contribution in [0.4, 0.5) is 0 Å². The first-order chi connectivity index (χ1) is 10.5. The summed E-state index contributed by atoms with van der Waals surface area (Å²) in [4.78, 5) is 33.3. The van der Waals surface area contributed by atoms with E-state index in [4.69, 9.17) is 4.42 Å². The van der Waals surface area contributed by atoms with Gasteiger partial charge in [0.05, 0.1) is 5.56 Å². The number of amides is 1. The molecule has 1 fully saturated rings. The number of fused-ring (bicyclic) bond motifs is 1. The van der Waals surface area contributed by atoms with Gasteiger partial charge in [0.2, 0.25) is 5.71 Å². The lowest BCUT2D eigenvalue weighted by molar-refractivity contribution is 0.0643. The number of aromatic nitrogens is 2. The third kappa shape index (κ3) is 2.31. The van der Waals surface area contributed by atoms with Crippen molar-refractivity contribution in [2.75, 3.05) is 32.7 Å². The van der Waals surface area contributed by atoms with Gasteiger partial charge in [0.25, 0.3) is 11.5 Å². The first-order valence-electron chi connectivity index (χ1n) is 7.49. The van der Waals surface area contributed by atoms with Gasteiger partial charge in [-0.05, 0) is 13.5 Å². The largest absolute Gasteiger partial charge is 0.442 e. The molecule has 118 valence electrons. The molecule has 1 aliphatic rings. The molecule has 0 saturated carbocycles. The Balaban J connectivity index is 2.00. The van der Waals surface area contributed by atoms with Gasteiger partial charge < -0.3 is 18.8 Å². The van der Waals surface area contributed by atoms with E-state index in [2.05, 4.69) is 16.8 Å². The van der Waals surface area contributed by atoms with Gasteiger partial charge in [0, 0.05) is 33.2 Å². The molecule has 1 amide bonds. The highest BCUT2D eigenvalue weighted by Gasteiger charge is 2.28. The molecule has 0 atom stereocenters. The Morgan fingerprint density at radius 1 is 1.32 bits per heavy atom. The average molecular weight is 304 g/mol. The molecule has 0 aliphatic carbocycles. The number of hydrogen-bond acceptors (Lipinski definition) is 5. The lowest BCUT2D eigenvalue weighted by atomic mass is 10.1. The predicted molar refractivity (Wildman–Crippen MR) is 82.0 cm³/mol. The first kappa shape index (κ1) is 14.8. The SMILES string of the molecule is CCN1CCN(C(=O)c2c(C)oc3ncn(C)c(=O)c23)CC1. The number of carbonyl (C=O) groups excluding carboxylic acids is 1. The Morgan fingerprint density at radius 2 is 2.00 bits per heavy atom. The Morgan fingerprint density at radius 3 is 2.64 bits per heavy atom. The van der Waals surface area contributed by atoms with Gasteiger partial charge in [-0.25, -0.2) is 4.98 Å². The summed E-state index contributed by atoms with van der Waals surface area (Å²) in [5.41, 5.74) is 0.335. The summed E-state index contributed by atoms with van der Waals surface area (Å²) in [6.07, 6.45) is 1.40. The molecule has 3 rings (SSSR count). The summed E-state index contributed by atoms with van der Waals surface area (Å²) in [5, 5.41) is 0.283. The van der Waals surface area contributed by atoms with Crippen molar-refractivity contribution in [2.45, 2.75) is 13.8 Å². The molecule has 0 N–H and O–H groups in total. The molecule has 0 spiro atoms. The fourth-order valence-corrected chi connectivity index (χ4v) is 2.87. The maximum absolute atomic E-state index is 12.8. The maximum atomic E-state index is 12.8. The van der Waals surface area contributed by atoms with Gasteiger partial charge >= 0.3 is 0 Å². The minimum absolute atomic E-state index is 0.142. The van der Waals surface area contributed by atoms with Gasteiger partial charge in [-0.3, -0.25) is 9.59 Å². The van der Waals surface area contributed by atoms with Crippen molar-refractivity contribution < 1.29 is 9.21 Å². The molecular formula is C15H20N4O3. The van der Waals surface area contributed by atoms with Gasteiger partial charge in [0.15, 0.2) is 0 Å². The highest BCUT2D eigenvalue weighted by atomic mass is 16.3. The van der Waals surface area contributed by atoms with E-state index in [1.165, 1.54) is 10.9 Å². The summed E-state index contributed by atoms with van der Waals surface area (Å²) in [5.74, 6) is 0.311. The topological polar surface area (TPSA) is 71.6 Å². The van der Waals surface area contributed by atoms with E-state index < -0.39 is 0 Å². The molecule has 7 nitrogen and oxygen atoms in total. The van der Waals surface area contributed by atoms with Crippen molar-refractivity contribution in [3.63, 3.8) is 0 Å². The molecule has 0 bridgehead atoms. The standard InChI is InChI=1S/C15H20N4O3/c1-4-18-5-7-19(8-6-18)15(21)11-10(2)22-13-12(11)14(20)17(3)9-16-13/h9H,4-8H2,1-3H3. The Hall–Kier alpha value is -2.15. The van der Waals surface area contributed by atoms with E-state index in [-0.39, 0.29) is 22.6 Å². The van der Waals surface area contributed by atoms with Crippen LogP contribution < -0.4 is 5.56 Å². The minimum atomic E-state index is -0.252. The molecule has 0 aromatic carbocycles. The van der Waals surface area contributed by atoms with Crippen LogP contribution in [0, 0.1) is 6.92 Å². The summed E-state index contributed by atoms with van der Waals surface area (Å²) in [6, 6.07) is 0. The van der Waals surface area contributed by atoms with Crippen LogP contribution in [0.2, 0.25) is 0 Å². The molecule has 1 aliphatic heterocycles. The number of carbonyl (C=O) groups is 1. The van der Waals surface area contributed by atoms with Gasteiger partial charge in [-0.1, -0.05) is 6.92 Å². The number of hydrogen-bond donors (Lipinski definition) is 0. The lowest BCUT2D eigenvalue weighted by Gasteiger charge is -2.34. The quantitative estimate of drug-likeness (QED) is 0.813. The summed E-state index contributed by atoms with van der Waals surface area (Å²) >= 11 is 0. The Bertz CT molecular complexity index is 769. The van der Waals surface area contributed by atoms with Gasteiger partial charge in [0.1, 0.15) is 17.5 Å². The lowest BCUT2D eigenvalue weighted by Crippen LogP contribution is -2.48. The van der Waals surface area contributed by atoms with Crippen LogP contribution in [0.3, 0.4) is 0 Å².